The molecule has 25 heavy (non-hydrogen) atoms. The minimum absolute atomic E-state index is 0.00673. The van der Waals surface area contributed by atoms with Crippen molar-refractivity contribution in [2.45, 2.75) is 66.6 Å². The van der Waals surface area contributed by atoms with E-state index in [2.05, 4.69) is 0 Å². The van der Waals surface area contributed by atoms with Gasteiger partial charge in [-0.2, -0.15) is 0 Å². The standard InChI is InChI=1S/C20H32O5/c1-7-16(21)11(2)8-9-17(22)12(3)10-13(4)19-14(5)18(23)15(6)20(24)25-19/h8-9,11-14,16,19,21,23H,7,10H2,1-6H3. The summed E-state index contributed by atoms with van der Waals surface area (Å²) in [5, 5.41) is 19.8. The summed E-state index contributed by atoms with van der Waals surface area (Å²) < 4.78 is 5.45. The molecule has 5 nitrogen and oxygen atoms in total. The number of esters is 1. The zero-order valence-electron chi connectivity index (χ0n) is 16.2. The molecular weight excluding hydrogens is 320 g/mol. The molecule has 1 aliphatic rings. The highest BCUT2D eigenvalue weighted by Crippen LogP contribution is 2.32. The molecule has 0 aromatic heterocycles. The van der Waals surface area contributed by atoms with Gasteiger partial charge >= 0.3 is 5.97 Å². The van der Waals surface area contributed by atoms with Crippen LogP contribution >= 0.6 is 0 Å². The molecule has 6 unspecified atom stereocenters. The third-order valence-electron chi connectivity index (χ3n) is 5.22. The summed E-state index contributed by atoms with van der Waals surface area (Å²) >= 11 is 0. The van der Waals surface area contributed by atoms with Crippen molar-refractivity contribution in [3.05, 3.63) is 23.5 Å². The number of carbonyl (C=O) groups is 2. The van der Waals surface area contributed by atoms with Gasteiger partial charge in [0.1, 0.15) is 11.9 Å². The maximum atomic E-state index is 12.3. The molecule has 0 spiro atoms. The maximum absolute atomic E-state index is 12.3. The number of hydrogen-bond acceptors (Lipinski definition) is 5. The van der Waals surface area contributed by atoms with Crippen LogP contribution in [0.3, 0.4) is 0 Å². The molecule has 0 saturated heterocycles. The number of aliphatic hydroxyl groups is 2. The second kappa shape index (κ2) is 9.18. The summed E-state index contributed by atoms with van der Waals surface area (Å²) in [6, 6.07) is 0. The van der Waals surface area contributed by atoms with Gasteiger partial charge in [0.05, 0.1) is 17.6 Å². The van der Waals surface area contributed by atoms with Crippen LogP contribution in [0.1, 0.15) is 54.4 Å². The van der Waals surface area contributed by atoms with E-state index in [1.807, 2.05) is 34.6 Å². The Balaban J connectivity index is 2.67. The van der Waals surface area contributed by atoms with Gasteiger partial charge in [0, 0.05) is 11.8 Å². The van der Waals surface area contributed by atoms with Crippen LogP contribution in [-0.4, -0.2) is 34.2 Å². The van der Waals surface area contributed by atoms with E-state index in [0.29, 0.717) is 12.8 Å². The van der Waals surface area contributed by atoms with E-state index in [9.17, 15) is 19.8 Å². The highest BCUT2D eigenvalue weighted by molar-refractivity contribution is 5.91. The van der Waals surface area contributed by atoms with Crippen molar-refractivity contribution in [3.63, 3.8) is 0 Å². The van der Waals surface area contributed by atoms with Gasteiger partial charge in [-0.15, -0.1) is 0 Å². The summed E-state index contributed by atoms with van der Waals surface area (Å²) in [5.41, 5.74) is 0.256. The molecule has 5 heteroatoms. The molecule has 1 aliphatic heterocycles. The van der Waals surface area contributed by atoms with Crippen molar-refractivity contribution in [2.24, 2.45) is 23.7 Å². The van der Waals surface area contributed by atoms with Crippen LogP contribution in [0.5, 0.6) is 0 Å². The summed E-state index contributed by atoms with van der Waals surface area (Å²) in [6.45, 7) is 10.9. The van der Waals surface area contributed by atoms with Gasteiger partial charge in [0.2, 0.25) is 0 Å². The molecular formula is C20H32O5. The van der Waals surface area contributed by atoms with Crippen LogP contribution < -0.4 is 0 Å². The van der Waals surface area contributed by atoms with E-state index in [-0.39, 0.29) is 40.8 Å². The highest BCUT2D eigenvalue weighted by atomic mass is 16.5. The van der Waals surface area contributed by atoms with Gasteiger partial charge in [-0.25, -0.2) is 4.79 Å². The van der Waals surface area contributed by atoms with E-state index in [1.54, 1.807) is 19.1 Å². The summed E-state index contributed by atoms with van der Waals surface area (Å²) in [7, 11) is 0. The quantitative estimate of drug-likeness (QED) is 0.515. The average molecular weight is 352 g/mol. The third kappa shape index (κ3) is 5.43. The SMILES string of the molecule is CCC(O)C(C)C=CC(=O)C(C)CC(C)C1OC(=O)C(C)=C(O)C1C. The number of cyclic esters (lactones) is 1. The van der Waals surface area contributed by atoms with Gasteiger partial charge in [-0.3, -0.25) is 4.79 Å². The first kappa shape index (κ1) is 21.4. The fraction of sp³-hybridized carbons (Fsp3) is 0.700. The minimum Gasteiger partial charge on any atom is -0.511 e. The van der Waals surface area contributed by atoms with Crippen LogP contribution in [0.25, 0.3) is 0 Å². The van der Waals surface area contributed by atoms with Crippen molar-refractivity contribution in [1.82, 2.24) is 0 Å². The third-order valence-corrected chi connectivity index (χ3v) is 5.22. The first-order valence-corrected chi connectivity index (χ1v) is 9.10. The van der Waals surface area contributed by atoms with Gasteiger partial charge in [-0.05, 0) is 31.8 Å². The van der Waals surface area contributed by atoms with Crippen LogP contribution in [0.4, 0.5) is 0 Å². The molecule has 0 amide bonds. The van der Waals surface area contributed by atoms with Crippen LogP contribution in [-0.2, 0) is 14.3 Å². The number of rotatable bonds is 8. The van der Waals surface area contributed by atoms with Crippen LogP contribution in [0.15, 0.2) is 23.5 Å². The monoisotopic (exact) mass is 352 g/mol. The molecule has 0 bridgehead atoms. The molecule has 142 valence electrons. The van der Waals surface area contributed by atoms with Crippen molar-refractivity contribution in [1.29, 1.82) is 0 Å². The Bertz CT molecular complexity index is 548. The molecule has 1 heterocycles. The van der Waals surface area contributed by atoms with Crippen LogP contribution in [0.2, 0.25) is 0 Å². The lowest BCUT2D eigenvalue weighted by molar-refractivity contribution is -0.153. The molecule has 0 radical (unpaired) electrons. The average Bonchev–Trinajstić information content (AvgIpc) is 2.59. The lowest BCUT2D eigenvalue weighted by Crippen LogP contribution is -2.38. The van der Waals surface area contributed by atoms with E-state index in [4.69, 9.17) is 4.74 Å². The predicted molar refractivity (Wildman–Crippen MR) is 96.9 cm³/mol. The normalized spacial score (nSPS) is 26.3. The predicted octanol–water partition coefficient (Wildman–Crippen LogP) is 3.57. The summed E-state index contributed by atoms with van der Waals surface area (Å²) in [4.78, 5) is 24.1. The number of ketones is 1. The number of hydrogen-bond donors (Lipinski definition) is 2. The number of aliphatic hydroxyl groups excluding tert-OH is 2. The van der Waals surface area contributed by atoms with Gasteiger partial charge in [-0.1, -0.05) is 40.7 Å². The zero-order chi connectivity index (χ0) is 19.3. The second-order valence-electron chi connectivity index (χ2n) is 7.38. The summed E-state index contributed by atoms with van der Waals surface area (Å²) in [5.74, 6) is -1.04. The highest BCUT2D eigenvalue weighted by Gasteiger charge is 2.37. The Labute approximate surface area is 150 Å². The van der Waals surface area contributed by atoms with Crippen molar-refractivity contribution >= 4 is 11.8 Å². The van der Waals surface area contributed by atoms with Crippen LogP contribution in [0, 0.1) is 23.7 Å². The zero-order valence-corrected chi connectivity index (χ0v) is 16.2. The van der Waals surface area contributed by atoms with E-state index in [1.165, 1.54) is 0 Å². The van der Waals surface area contributed by atoms with E-state index >= 15 is 0 Å². The van der Waals surface area contributed by atoms with Gasteiger partial charge in [0.15, 0.2) is 5.78 Å². The Hall–Kier alpha value is -1.62. The molecule has 0 fully saturated rings. The fourth-order valence-corrected chi connectivity index (χ4v) is 3.24. The van der Waals surface area contributed by atoms with Crippen molar-refractivity contribution in [3.8, 4) is 0 Å². The molecule has 1 rings (SSSR count). The molecule has 0 aromatic carbocycles. The lowest BCUT2D eigenvalue weighted by atomic mass is 9.82. The number of carbonyl (C=O) groups excluding carboxylic acids is 2. The second-order valence-corrected chi connectivity index (χ2v) is 7.38. The van der Waals surface area contributed by atoms with E-state index < -0.39 is 18.2 Å². The molecule has 0 saturated carbocycles. The molecule has 2 N–H and O–H groups in total. The Morgan fingerprint density at radius 2 is 1.92 bits per heavy atom. The smallest absolute Gasteiger partial charge is 0.337 e. The molecule has 0 aliphatic carbocycles. The fourth-order valence-electron chi connectivity index (χ4n) is 3.24. The van der Waals surface area contributed by atoms with Gasteiger partial charge < -0.3 is 14.9 Å². The number of ether oxygens (including phenoxy) is 1. The summed E-state index contributed by atoms with van der Waals surface area (Å²) in [6.07, 6.45) is 3.61. The molecule has 6 atom stereocenters. The molecule has 0 aromatic rings. The maximum Gasteiger partial charge on any atom is 0.337 e. The van der Waals surface area contributed by atoms with Crippen molar-refractivity contribution < 1.29 is 24.5 Å². The van der Waals surface area contributed by atoms with E-state index in [0.717, 1.165) is 0 Å². The first-order chi connectivity index (χ1) is 11.6. The largest absolute Gasteiger partial charge is 0.511 e. The van der Waals surface area contributed by atoms with Crippen molar-refractivity contribution in [2.75, 3.05) is 0 Å². The number of allylic oxidation sites excluding steroid dienone is 1. The lowest BCUT2D eigenvalue weighted by Gasteiger charge is -2.34. The first-order valence-electron chi connectivity index (χ1n) is 9.10. The minimum atomic E-state index is -0.492. The Morgan fingerprint density at radius 3 is 2.48 bits per heavy atom. The Kier molecular flexibility index (Phi) is 7.87. The van der Waals surface area contributed by atoms with Gasteiger partial charge in [0.25, 0.3) is 0 Å². The topological polar surface area (TPSA) is 83.8 Å². The Morgan fingerprint density at radius 1 is 1.32 bits per heavy atom.